The molecule has 0 aliphatic carbocycles. The van der Waals surface area contributed by atoms with Gasteiger partial charge in [-0.2, -0.15) is 0 Å². The summed E-state index contributed by atoms with van der Waals surface area (Å²) in [5, 5.41) is 14.4. The van der Waals surface area contributed by atoms with E-state index in [1.165, 1.54) is 0 Å². The third-order valence-electron chi connectivity index (χ3n) is 3.50. The number of hydrogen-bond acceptors (Lipinski definition) is 3. The molecule has 2 aromatic rings. The molecule has 110 valence electrons. The van der Waals surface area contributed by atoms with Crippen molar-refractivity contribution in [3.63, 3.8) is 0 Å². The number of hydrogen-bond donors (Lipinski definition) is 1. The molecule has 0 aliphatic rings. The summed E-state index contributed by atoms with van der Waals surface area (Å²) in [6, 6.07) is 11.4. The average molecular weight is 349 g/mol. The molecule has 0 heterocycles. The summed E-state index contributed by atoms with van der Waals surface area (Å²) in [7, 11) is 0. The van der Waals surface area contributed by atoms with Gasteiger partial charge in [-0.25, -0.2) is 0 Å². The zero-order chi connectivity index (χ0) is 15.6. The van der Waals surface area contributed by atoms with Crippen LogP contribution in [0, 0.1) is 24.0 Å². The van der Waals surface area contributed by atoms with Crippen LogP contribution < -0.4 is 5.32 Å². The number of nitro benzene ring substituents is 1. The third-order valence-corrected chi connectivity index (χ3v) is 3.99. The zero-order valence-corrected chi connectivity index (χ0v) is 13.8. The largest absolute Gasteiger partial charge is 0.378 e. The first-order valence-electron chi connectivity index (χ1n) is 6.66. The molecule has 21 heavy (non-hydrogen) atoms. The molecule has 1 unspecified atom stereocenters. The van der Waals surface area contributed by atoms with Crippen LogP contribution in [0.3, 0.4) is 0 Å². The number of rotatable bonds is 4. The molecule has 0 bridgehead atoms. The molecular formula is C16H17BrN2O2. The predicted molar refractivity (Wildman–Crippen MR) is 88.8 cm³/mol. The molecule has 1 N–H and O–H groups in total. The maximum absolute atomic E-state index is 11.0. The van der Waals surface area contributed by atoms with Gasteiger partial charge in [0.1, 0.15) is 0 Å². The van der Waals surface area contributed by atoms with Crippen LogP contribution in [0.15, 0.2) is 40.9 Å². The lowest BCUT2D eigenvalue weighted by Gasteiger charge is -2.18. The van der Waals surface area contributed by atoms with Crippen molar-refractivity contribution in [3.8, 4) is 0 Å². The second-order valence-corrected chi connectivity index (χ2v) is 6.04. The number of aryl methyl sites for hydroxylation is 2. The molecular weight excluding hydrogens is 332 g/mol. The number of halogens is 1. The minimum atomic E-state index is -0.337. The highest BCUT2D eigenvalue weighted by Gasteiger charge is 2.14. The summed E-state index contributed by atoms with van der Waals surface area (Å²) >= 11 is 3.45. The van der Waals surface area contributed by atoms with Gasteiger partial charge in [0.15, 0.2) is 0 Å². The lowest BCUT2D eigenvalue weighted by molar-refractivity contribution is -0.385. The van der Waals surface area contributed by atoms with E-state index >= 15 is 0 Å². The monoisotopic (exact) mass is 348 g/mol. The van der Waals surface area contributed by atoms with Crippen molar-refractivity contribution in [2.45, 2.75) is 26.8 Å². The van der Waals surface area contributed by atoms with E-state index in [1.54, 1.807) is 19.1 Å². The Labute approximate surface area is 132 Å². The number of anilines is 1. The standard InChI is InChI=1S/C16H17BrN2O2/c1-10-5-7-14(17)9-15(10)18-12(3)13-6-4-11(2)16(8-13)19(20)21/h4-9,12,18H,1-3H3. The van der Waals surface area contributed by atoms with Gasteiger partial charge in [-0.15, -0.1) is 0 Å². The van der Waals surface area contributed by atoms with E-state index < -0.39 is 0 Å². The molecule has 1 atom stereocenters. The summed E-state index contributed by atoms with van der Waals surface area (Å²) in [4.78, 5) is 10.7. The highest BCUT2D eigenvalue weighted by atomic mass is 79.9. The van der Waals surface area contributed by atoms with Gasteiger partial charge in [-0.1, -0.05) is 34.1 Å². The Kier molecular flexibility index (Phi) is 4.63. The Hall–Kier alpha value is -1.88. The van der Waals surface area contributed by atoms with Gasteiger partial charge in [0.05, 0.1) is 4.92 Å². The molecule has 0 aromatic heterocycles. The molecule has 0 saturated carbocycles. The van der Waals surface area contributed by atoms with Gasteiger partial charge in [-0.3, -0.25) is 10.1 Å². The van der Waals surface area contributed by atoms with Crippen LogP contribution in [0.1, 0.15) is 29.7 Å². The Morgan fingerprint density at radius 3 is 2.48 bits per heavy atom. The summed E-state index contributed by atoms with van der Waals surface area (Å²) < 4.78 is 0.998. The second kappa shape index (κ2) is 6.26. The maximum Gasteiger partial charge on any atom is 0.272 e. The molecule has 2 rings (SSSR count). The predicted octanol–water partition coefficient (Wildman–Crippen LogP) is 5.15. The van der Waals surface area contributed by atoms with Crippen molar-refractivity contribution in [1.82, 2.24) is 0 Å². The molecule has 0 spiro atoms. The quantitative estimate of drug-likeness (QED) is 0.614. The van der Waals surface area contributed by atoms with E-state index in [0.717, 1.165) is 21.3 Å². The molecule has 2 aromatic carbocycles. The summed E-state index contributed by atoms with van der Waals surface area (Å²) in [5.41, 5.74) is 3.88. The van der Waals surface area contributed by atoms with Gasteiger partial charge >= 0.3 is 0 Å². The first kappa shape index (κ1) is 15.5. The fourth-order valence-corrected chi connectivity index (χ4v) is 2.52. The number of nitrogens with one attached hydrogen (secondary N) is 1. The van der Waals surface area contributed by atoms with Gasteiger partial charge < -0.3 is 5.32 Å². The minimum Gasteiger partial charge on any atom is -0.378 e. The van der Waals surface area contributed by atoms with Crippen molar-refractivity contribution in [2.75, 3.05) is 5.32 Å². The Balaban J connectivity index is 2.28. The smallest absolute Gasteiger partial charge is 0.272 e. The average Bonchev–Trinajstić information content (AvgIpc) is 2.43. The Morgan fingerprint density at radius 2 is 1.81 bits per heavy atom. The molecule has 0 radical (unpaired) electrons. The number of nitrogens with zero attached hydrogens (tertiary/aromatic N) is 1. The van der Waals surface area contributed by atoms with Gasteiger partial charge in [0, 0.05) is 27.8 Å². The third kappa shape index (κ3) is 3.61. The van der Waals surface area contributed by atoms with Crippen molar-refractivity contribution in [1.29, 1.82) is 0 Å². The summed E-state index contributed by atoms with van der Waals surface area (Å²) in [6.45, 7) is 5.77. The summed E-state index contributed by atoms with van der Waals surface area (Å²) in [5.74, 6) is 0. The van der Waals surface area contributed by atoms with E-state index in [0.29, 0.717) is 5.56 Å². The molecule has 0 saturated heterocycles. The van der Waals surface area contributed by atoms with Crippen LogP contribution in [-0.2, 0) is 0 Å². The van der Waals surface area contributed by atoms with Crippen LogP contribution in [0.5, 0.6) is 0 Å². The van der Waals surface area contributed by atoms with Crippen LogP contribution in [0.4, 0.5) is 11.4 Å². The second-order valence-electron chi connectivity index (χ2n) is 5.13. The van der Waals surface area contributed by atoms with Gasteiger partial charge in [0.2, 0.25) is 0 Å². The molecule has 5 heteroatoms. The maximum atomic E-state index is 11.0. The fraction of sp³-hybridized carbons (Fsp3) is 0.250. The highest BCUT2D eigenvalue weighted by molar-refractivity contribution is 9.10. The van der Waals surface area contributed by atoms with Crippen molar-refractivity contribution >= 4 is 27.3 Å². The van der Waals surface area contributed by atoms with E-state index in [9.17, 15) is 10.1 Å². The SMILES string of the molecule is Cc1ccc(Br)cc1NC(C)c1ccc(C)c([N+](=O)[O-])c1. The van der Waals surface area contributed by atoms with Crippen LogP contribution in [0.2, 0.25) is 0 Å². The lowest BCUT2D eigenvalue weighted by Crippen LogP contribution is -2.08. The molecule has 4 nitrogen and oxygen atoms in total. The highest BCUT2D eigenvalue weighted by Crippen LogP contribution is 2.28. The first-order valence-corrected chi connectivity index (χ1v) is 7.45. The Morgan fingerprint density at radius 1 is 1.14 bits per heavy atom. The van der Waals surface area contributed by atoms with Gasteiger partial charge in [-0.05, 0) is 44.0 Å². The summed E-state index contributed by atoms with van der Waals surface area (Å²) in [6.07, 6.45) is 0. The first-order chi connectivity index (χ1) is 9.88. The molecule has 0 fully saturated rings. The van der Waals surface area contributed by atoms with Gasteiger partial charge in [0.25, 0.3) is 5.69 Å². The van der Waals surface area contributed by atoms with E-state index in [1.807, 2.05) is 38.1 Å². The molecule has 0 amide bonds. The van der Waals surface area contributed by atoms with Crippen molar-refractivity contribution in [3.05, 3.63) is 67.7 Å². The zero-order valence-electron chi connectivity index (χ0n) is 12.2. The fourth-order valence-electron chi connectivity index (χ4n) is 2.16. The topological polar surface area (TPSA) is 55.2 Å². The van der Waals surface area contributed by atoms with Crippen molar-refractivity contribution in [2.24, 2.45) is 0 Å². The minimum absolute atomic E-state index is 0.0164. The lowest BCUT2D eigenvalue weighted by atomic mass is 10.0. The van der Waals surface area contributed by atoms with Crippen LogP contribution in [0.25, 0.3) is 0 Å². The number of nitro groups is 1. The Bertz CT molecular complexity index is 686. The number of benzene rings is 2. The van der Waals surface area contributed by atoms with Crippen molar-refractivity contribution < 1.29 is 4.92 Å². The van der Waals surface area contributed by atoms with Crippen LogP contribution in [-0.4, -0.2) is 4.92 Å². The van der Waals surface area contributed by atoms with E-state index in [2.05, 4.69) is 21.2 Å². The normalized spacial score (nSPS) is 12.0. The van der Waals surface area contributed by atoms with Crippen LogP contribution >= 0.6 is 15.9 Å². The van der Waals surface area contributed by atoms with E-state index in [-0.39, 0.29) is 16.7 Å². The van der Waals surface area contributed by atoms with E-state index in [4.69, 9.17) is 0 Å². The molecule has 0 aliphatic heterocycles.